The SMILES string of the molecule is [CH2-]c1c(F)[c-]cc2c(=O)c(C(=O)O)c[n-]c12.[W+2].[Y]. The molecule has 1 radical (unpaired) electrons. The van der Waals surface area contributed by atoms with E-state index in [9.17, 15) is 14.0 Å². The van der Waals surface area contributed by atoms with E-state index in [-0.39, 0.29) is 70.2 Å². The van der Waals surface area contributed by atoms with Crippen LogP contribution in [0, 0.1) is 18.8 Å². The molecule has 7 heteroatoms. The predicted octanol–water partition coefficient (Wildman–Crippen LogP) is 0.972. The van der Waals surface area contributed by atoms with E-state index >= 15 is 0 Å². The summed E-state index contributed by atoms with van der Waals surface area (Å²) in [7, 11) is 0. The van der Waals surface area contributed by atoms with Crippen LogP contribution in [-0.4, -0.2) is 11.1 Å². The molecule has 0 spiro atoms. The predicted molar refractivity (Wildman–Crippen MR) is 53.8 cm³/mol. The number of pyridine rings is 1. The minimum absolute atomic E-state index is 0. The van der Waals surface area contributed by atoms with Crippen LogP contribution in [0.5, 0.6) is 0 Å². The Balaban J connectivity index is 0.00000144. The zero-order valence-corrected chi connectivity index (χ0v) is 14.7. The van der Waals surface area contributed by atoms with Crippen LogP contribution in [0.4, 0.5) is 4.39 Å². The van der Waals surface area contributed by atoms with Crippen LogP contribution >= 0.6 is 0 Å². The fourth-order valence-corrected chi connectivity index (χ4v) is 1.36. The van der Waals surface area contributed by atoms with Gasteiger partial charge in [0.25, 0.3) is 0 Å². The summed E-state index contributed by atoms with van der Waals surface area (Å²) in [5, 5.41) is 8.71. The van der Waals surface area contributed by atoms with Crippen LogP contribution in [-0.2, 0) is 53.8 Å². The smallest absolute Gasteiger partial charge is 0.741 e. The van der Waals surface area contributed by atoms with Gasteiger partial charge in [0.15, 0.2) is 0 Å². The summed E-state index contributed by atoms with van der Waals surface area (Å²) in [5.41, 5.74) is -1.16. The number of benzene rings is 1. The third-order valence-electron chi connectivity index (χ3n) is 2.19. The van der Waals surface area contributed by atoms with Crippen molar-refractivity contribution in [1.82, 2.24) is 4.98 Å². The molecule has 1 aromatic heterocycles. The molecule has 0 fully saturated rings. The third kappa shape index (κ3) is 2.90. The Morgan fingerprint density at radius 3 is 2.67 bits per heavy atom. The Labute approximate surface area is 141 Å². The third-order valence-corrected chi connectivity index (χ3v) is 2.19. The molecule has 0 aliphatic carbocycles. The van der Waals surface area contributed by atoms with Crippen molar-refractivity contribution in [1.29, 1.82) is 0 Å². The van der Waals surface area contributed by atoms with E-state index in [0.29, 0.717) is 0 Å². The summed E-state index contributed by atoms with van der Waals surface area (Å²) in [6.07, 6.45) is 0.904. The molecule has 1 N–H and O–H groups in total. The van der Waals surface area contributed by atoms with Gasteiger partial charge in [-0.3, -0.25) is 12.5 Å². The number of fused-ring (bicyclic) bond motifs is 1. The fraction of sp³-hybridized carbons (Fsp3) is 0. The molecular weight excluding hydrogens is 486 g/mol. The Morgan fingerprint density at radius 1 is 1.50 bits per heavy atom. The summed E-state index contributed by atoms with van der Waals surface area (Å²) in [6, 6.07) is 3.27. The van der Waals surface area contributed by atoms with Gasteiger partial charge >= 0.3 is 27.0 Å². The first-order valence-electron chi connectivity index (χ1n) is 4.27. The van der Waals surface area contributed by atoms with Crippen LogP contribution in [0.2, 0.25) is 0 Å². The standard InChI is InChI=1S/C11H6FNO3.W.Y/c1-5-8(12)3-2-6-9(5)13-4-7(10(6)14)11(15)16;;/h2,4H,1H2,(H2,13,14,15,16);;/q-2;+2;/p-1. The average molecular weight is 491 g/mol. The first kappa shape index (κ1) is 17.5. The minimum atomic E-state index is -1.37. The maximum atomic E-state index is 13.1. The molecule has 0 aliphatic rings. The average Bonchev–Trinajstić information content (AvgIpc) is 2.23. The van der Waals surface area contributed by atoms with Crippen molar-refractivity contribution in [3.8, 4) is 0 Å². The number of aromatic nitrogens is 1. The molecule has 1 aromatic carbocycles. The van der Waals surface area contributed by atoms with E-state index in [0.717, 1.165) is 12.3 Å². The van der Waals surface area contributed by atoms with Gasteiger partial charge < -0.3 is 24.8 Å². The van der Waals surface area contributed by atoms with Crippen LogP contribution in [0.1, 0.15) is 15.9 Å². The Morgan fingerprint density at radius 2 is 2.11 bits per heavy atom. The summed E-state index contributed by atoms with van der Waals surface area (Å²) >= 11 is 0. The van der Waals surface area contributed by atoms with Crippen molar-refractivity contribution in [3.63, 3.8) is 0 Å². The van der Waals surface area contributed by atoms with Crippen molar-refractivity contribution in [2.45, 2.75) is 0 Å². The maximum absolute atomic E-state index is 13.1. The van der Waals surface area contributed by atoms with E-state index in [2.05, 4.69) is 18.0 Å². The maximum Gasteiger partial charge on any atom is 2.00 e. The summed E-state index contributed by atoms with van der Waals surface area (Å²) < 4.78 is 13.1. The minimum Gasteiger partial charge on any atom is -0.741 e. The molecule has 0 bridgehead atoms. The summed E-state index contributed by atoms with van der Waals surface area (Å²) in [4.78, 5) is 26.0. The van der Waals surface area contributed by atoms with Gasteiger partial charge in [-0.1, -0.05) is 5.82 Å². The molecular formula is C11H5FNO3WY-. The van der Waals surface area contributed by atoms with Gasteiger partial charge in [-0.05, 0) is 0 Å². The Bertz CT molecular complexity index is 657. The van der Waals surface area contributed by atoms with Gasteiger partial charge in [0, 0.05) is 32.7 Å². The molecule has 0 aliphatic heterocycles. The largest absolute Gasteiger partial charge is 2.00 e. The van der Waals surface area contributed by atoms with Crippen molar-refractivity contribution in [2.75, 3.05) is 0 Å². The van der Waals surface area contributed by atoms with Gasteiger partial charge in [-0.2, -0.15) is 17.6 Å². The Kier molecular flexibility index (Phi) is 6.41. The molecule has 0 amide bonds. The topological polar surface area (TPSA) is 68.5 Å². The molecule has 0 atom stereocenters. The number of rotatable bonds is 1. The van der Waals surface area contributed by atoms with E-state index in [1.54, 1.807) is 0 Å². The number of halogens is 1. The van der Waals surface area contributed by atoms with E-state index in [1.807, 2.05) is 0 Å². The molecule has 4 nitrogen and oxygen atoms in total. The number of carboxylic acid groups (broad SMARTS) is 1. The first-order valence-corrected chi connectivity index (χ1v) is 4.27. The van der Waals surface area contributed by atoms with E-state index < -0.39 is 22.8 Å². The number of carbonyl (C=O) groups is 1. The van der Waals surface area contributed by atoms with Crippen LogP contribution in [0.25, 0.3) is 10.9 Å². The van der Waals surface area contributed by atoms with Crippen LogP contribution in [0.15, 0.2) is 17.1 Å². The fourth-order valence-electron chi connectivity index (χ4n) is 1.36. The number of nitrogens with zero attached hydrogens (tertiary/aromatic N) is 1. The zero-order valence-electron chi connectivity index (χ0n) is 8.94. The normalized spacial score (nSPS) is 9.39. The van der Waals surface area contributed by atoms with Crippen molar-refractivity contribution in [3.05, 3.63) is 52.4 Å². The molecule has 18 heavy (non-hydrogen) atoms. The first-order chi connectivity index (χ1) is 7.52. The second kappa shape index (κ2) is 6.60. The molecule has 2 aromatic rings. The van der Waals surface area contributed by atoms with Crippen LogP contribution in [0.3, 0.4) is 0 Å². The quantitative estimate of drug-likeness (QED) is 0.605. The molecule has 2 rings (SSSR count). The van der Waals surface area contributed by atoms with Gasteiger partial charge in [0.05, 0.1) is 5.56 Å². The molecule has 0 unspecified atom stereocenters. The summed E-state index contributed by atoms with van der Waals surface area (Å²) in [5.74, 6) is -2.07. The second-order valence-corrected chi connectivity index (χ2v) is 3.15. The van der Waals surface area contributed by atoms with Crippen molar-refractivity contribution in [2.24, 2.45) is 0 Å². The molecule has 89 valence electrons. The van der Waals surface area contributed by atoms with E-state index in [4.69, 9.17) is 5.11 Å². The number of aromatic carboxylic acids is 1. The number of hydrogen-bond donors (Lipinski definition) is 1. The monoisotopic (exact) mass is 491 g/mol. The molecule has 0 saturated carbocycles. The molecule has 0 saturated heterocycles. The number of hydrogen-bond acceptors (Lipinski definition) is 2. The van der Waals surface area contributed by atoms with Crippen LogP contribution < -0.4 is 10.4 Å². The van der Waals surface area contributed by atoms with Gasteiger partial charge in [-0.25, -0.2) is 10.9 Å². The summed E-state index contributed by atoms with van der Waals surface area (Å²) in [6.45, 7) is 3.41. The zero-order chi connectivity index (χ0) is 11.9. The van der Waals surface area contributed by atoms with Crippen molar-refractivity contribution < 1.29 is 68.1 Å². The van der Waals surface area contributed by atoms with Gasteiger partial charge in [-0.15, -0.1) is 0 Å². The molecule has 1 heterocycles. The van der Waals surface area contributed by atoms with Gasteiger partial charge in [0.2, 0.25) is 0 Å². The van der Waals surface area contributed by atoms with Gasteiger partial charge in [0.1, 0.15) is 5.43 Å². The van der Waals surface area contributed by atoms with E-state index in [1.165, 1.54) is 0 Å². The number of carboxylic acids is 1. The van der Waals surface area contributed by atoms with Crippen molar-refractivity contribution >= 4 is 16.9 Å². The Hall–Kier alpha value is -0.508. The second-order valence-electron chi connectivity index (χ2n) is 3.15.